The largest absolute Gasteiger partial charge is 0.309 e. The Morgan fingerprint density at radius 3 is 1.22 bits per heavy atom. The molecular formula is C59H38N4. The van der Waals surface area contributed by atoms with Gasteiger partial charge in [0.2, 0.25) is 0 Å². The van der Waals surface area contributed by atoms with E-state index in [4.69, 9.17) is 5.10 Å². The van der Waals surface area contributed by atoms with E-state index < -0.39 is 0 Å². The minimum Gasteiger partial charge on any atom is -0.309 e. The van der Waals surface area contributed by atoms with Gasteiger partial charge in [-0.3, -0.25) is 0 Å². The molecular weight excluding hydrogens is 765 g/mol. The van der Waals surface area contributed by atoms with E-state index in [2.05, 4.69) is 238 Å². The molecule has 4 heteroatoms. The van der Waals surface area contributed by atoms with Crippen LogP contribution in [0.1, 0.15) is 0 Å². The van der Waals surface area contributed by atoms with Gasteiger partial charge < -0.3 is 9.13 Å². The highest BCUT2D eigenvalue weighted by Crippen LogP contribution is 2.44. The summed E-state index contributed by atoms with van der Waals surface area (Å²) in [7, 11) is 0. The van der Waals surface area contributed by atoms with Crippen molar-refractivity contribution in [2.75, 3.05) is 0 Å². The number of rotatable bonds is 6. The average Bonchev–Trinajstić information content (AvgIpc) is 4.05. The molecule has 0 bridgehead atoms. The topological polar surface area (TPSA) is 27.2 Å². The van der Waals surface area contributed by atoms with E-state index in [1.807, 2.05) is 6.20 Å². The lowest BCUT2D eigenvalue weighted by molar-refractivity contribution is 0.976. The highest BCUT2D eigenvalue weighted by molar-refractivity contribution is 6.14. The Balaban J connectivity index is 1.05. The molecule has 0 spiro atoms. The Morgan fingerprint density at radius 2 is 0.714 bits per heavy atom. The van der Waals surface area contributed by atoms with E-state index in [0.29, 0.717) is 0 Å². The predicted octanol–water partition coefficient (Wildman–Crippen LogP) is 15.3. The maximum atomic E-state index is 5.14. The fourth-order valence-corrected chi connectivity index (χ4v) is 10.2. The van der Waals surface area contributed by atoms with Gasteiger partial charge in [0.15, 0.2) is 0 Å². The molecule has 0 aliphatic rings. The third-order valence-corrected chi connectivity index (χ3v) is 12.9. The molecule has 0 aliphatic carbocycles. The summed E-state index contributed by atoms with van der Waals surface area (Å²) in [6.07, 6.45) is 2.02. The van der Waals surface area contributed by atoms with Crippen LogP contribution >= 0.6 is 0 Å². The van der Waals surface area contributed by atoms with Gasteiger partial charge in [-0.05, 0) is 70.1 Å². The maximum absolute atomic E-state index is 5.14. The molecule has 0 unspecified atom stereocenters. The molecule has 0 aliphatic heterocycles. The SMILES string of the molecule is c1ccc(-c2cnn3c(-c4ccccc4)c(-c4ccc(-c5cc(-n6c7ccccc7c7ccccc76)cc(-n6c7ccccc7c7ccccc76)c5)cc4)c4ccccc4c23)cc1. The molecule has 13 rings (SSSR count). The molecule has 0 atom stereocenters. The number of fused-ring (bicyclic) bond motifs is 9. The molecule has 4 nitrogen and oxygen atoms in total. The van der Waals surface area contributed by atoms with Crippen molar-refractivity contribution in [3.63, 3.8) is 0 Å². The number of pyridine rings is 1. The average molecular weight is 803 g/mol. The second-order valence-corrected chi connectivity index (χ2v) is 16.4. The lowest BCUT2D eigenvalue weighted by Gasteiger charge is -2.18. The second kappa shape index (κ2) is 14.1. The molecule has 0 saturated carbocycles. The van der Waals surface area contributed by atoms with Crippen LogP contribution in [-0.4, -0.2) is 18.7 Å². The Kier molecular flexibility index (Phi) is 7.87. The van der Waals surface area contributed by atoms with Crippen molar-refractivity contribution in [3.05, 3.63) is 231 Å². The van der Waals surface area contributed by atoms with Gasteiger partial charge in [-0.2, -0.15) is 5.10 Å². The number of para-hydroxylation sites is 4. The fraction of sp³-hybridized carbons (Fsp3) is 0. The molecule has 13 aromatic rings. The third-order valence-electron chi connectivity index (χ3n) is 12.9. The highest BCUT2D eigenvalue weighted by Gasteiger charge is 2.22. The molecule has 0 saturated heterocycles. The van der Waals surface area contributed by atoms with Crippen molar-refractivity contribution in [2.24, 2.45) is 0 Å². The van der Waals surface area contributed by atoms with Gasteiger partial charge in [-0.25, -0.2) is 4.52 Å². The Hall–Kier alpha value is -8.47. The Labute approximate surface area is 363 Å². The quantitative estimate of drug-likeness (QED) is 0.165. The van der Waals surface area contributed by atoms with E-state index >= 15 is 0 Å². The van der Waals surface area contributed by atoms with Crippen molar-refractivity contribution in [1.29, 1.82) is 0 Å². The minimum absolute atomic E-state index is 1.07. The fourth-order valence-electron chi connectivity index (χ4n) is 10.2. The number of benzene rings is 9. The predicted molar refractivity (Wildman–Crippen MR) is 263 cm³/mol. The molecule has 4 heterocycles. The van der Waals surface area contributed by atoms with E-state index in [9.17, 15) is 0 Å². The number of hydrogen-bond acceptors (Lipinski definition) is 1. The molecule has 0 N–H and O–H groups in total. The standard InChI is InChI=1S/C59H38N4/c1-3-17-40(18-4-1)52-38-60-63-58(42-19-5-2-6-20-42)57(50-25-7-8-26-51(50)59(52)63)41-33-31-39(32-34-41)43-35-44(61-53-27-13-9-21-46(53)47-22-10-14-28-54(47)61)37-45(36-43)62-55-29-15-11-23-48(55)49-24-12-16-30-56(49)62/h1-38H. The van der Waals surface area contributed by atoms with Gasteiger partial charge in [0.25, 0.3) is 0 Å². The summed E-state index contributed by atoms with van der Waals surface area (Å²) < 4.78 is 7.03. The Morgan fingerprint density at radius 1 is 0.302 bits per heavy atom. The molecule has 0 fully saturated rings. The highest BCUT2D eigenvalue weighted by atomic mass is 15.2. The Bertz CT molecular complexity index is 3650. The first-order valence-corrected chi connectivity index (χ1v) is 21.5. The van der Waals surface area contributed by atoms with Crippen LogP contribution in [0.5, 0.6) is 0 Å². The van der Waals surface area contributed by atoms with Crippen LogP contribution in [0.15, 0.2) is 231 Å². The first kappa shape index (κ1) is 35.3. The zero-order valence-electron chi connectivity index (χ0n) is 34.2. The molecule has 294 valence electrons. The van der Waals surface area contributed by atoms with Crippen molar-refractivity contribution in [1.82, 2.24) is 18.7 Å². The summed E-state index contributed by atoms with van der Waals surface area (Å²) in [5, 5.41) is 12.5. The van der Waals surface area contributed by atoms with Gasteiger partial charge in [-0.15, -0.1) is 0 Å². The van der Waals surface area contributed by atoms with Crippen LogP contribution < -0.4 is 0 Å². The van der Waals surface area contributed by atoms with Gasteiger partial charge in [0, 0.05) is 55.0 Å². The minimum atomic E-state index is 1.07. The van der Waals surface area contributed by atoms with Crippen LogP contribution in [0.2, 0.25) is 0 Å². The van der Waals surface area contributed by atoms with Gasteiger partial charge >= 0.3 is 0 Å². The van der Waals surface area contributed by atoms with Crippen molar-refractivity contribution >= 4 is 59.9 Å². The van der Waals surface area contributed by atoms with Crippen molar-refractivity contribution < 1.29 is 0 Å². The zero-order chi connectivity index (χ0) is 41.4. The lowest BCUT2D eigenvalue weighted by atomic mass is 9.91. The maximum Gasteiger partial charge on any atom is 0.0826 e. The summed E-state index contributed by atoms with van der Waals surface area (Å²) in [4.78, 5) is 0. The summed E-state index contributed by atoms with van der Waals surface area (Å²) in [5.74, 6) is 0. The van der Waals surface area contributed by atoms with Crippen LogP contribution in [-0.2, 0) is 0 Å². The van der Waals surface area contributed by atoms with Crippen LogP contribution in [0.3, 0.4) is 0 Å². The number of hydrogen-bond donors (Lipinski definition) is 0. The first-order valence-electron chi connectivity index (χ1n) is 21.5. The van der Waals surface area contributed by atoms with Gasteiger partial charge in [0.1, 0.15) is 0 Å². The molecule has 63 heavy (non-hydrogen) atoms. The molecule has 9 aromatic carbocycles. The van der Waals surface area contributed by atoms with Crippen molar-refractivity contribution in [3.8, 4) is 56.0 Å². The summed E-state index contributed by atoms with van der Waals surface area (Å²) >= 11 is 0. The monoisotopic (exact) mass is 802 g/mol. The zero-order valence-corrected chi connectivity index (χ0v) is 34.2. The smallest absolute Gasteiger partial charge is 0.0826 e. The number of aromatic nitrogens is 4. The molecule has 0 radical (unpaired) electrons. The second-order valence-electron chi connectivity index (χ2n) is 16.4. The summed E-state index contributed by atoms with van der Waals surface area (Å²) in [6, 6.07) is 81.4. The van der Waals surface area contributed by atoms with Gasteiger partial charge in [0.05, 0.1) is 39.5 Å². The summed E-state index contributed by atoms with van der Waals surface area (Å²) in [6.45, 7) is 0. The van der Waals surface area contributed by atoms with Crippen LogP contribution in [0, 0.1) is 0 Å². The van der Waals surface area contributed by atoms with E-state index in [0.717, 1.165) is 61.5 Å². The van der Waals surface area contributed by atoms with E-state index in [-0.39, 0.29) is 0 Å². The van der Waals surface area contributed by atoms with E-state index in [1.54, 1.807) is 0 Å². The third kappa shape index (κ3) is 5.45. The summed E-state index contributed by atoms with van der Waals surface area (Å²) in [5.41, 5.74) is 17.1. The normalized spacial score (nSPS) is 11.8. The first-order chi connectivity index (χ1) is 31.3. The number of nitrogens with zero attached hydrogens (tertiary/aromatic N) is 4. The van der Waals surface area contributed by atoms with Crippen LogP contribution in [0.4, 0.5) is 0 Å². The van der Waals surface area contributed by atoms with Gasteiger partial charge in [-0.1, -0.05) is 182 Å². The molecule has 0 amide bonds. The molecule has 4 aromatic heterocycles. The van der Waals surface area contributed by atoms with Crippen molar-refractivity contribution in [2.45, 2.75) is 0 Å². The lowest BCUT2D eigenvalue weighted by Crippen LogP contribution is -2.00. The van der Waals surface area contributed by atoms with Crippen LogP contribution in [0.25, 0.3) is 116 Å². The van der Waals surface area contributed by atoms with E-state index in [1.165, 1.54) is 54.4 Å².